The van der Waals surface area contributed by atoms with Gasteiger partial charge >= 0.3 is 0 Å². The van der Waals surface area contributed by atoms with Crippen LogP contribution in [-0.2, 0) is 13.0 Å². The van der Waals surface area contributed by atoms with Crippen LogP contribution in [0.5, 0.6) is 0 Å². The molecule has 4 aromatic rings. The zero-order valence-electron chi connectivity index (χ0n) is 14.4. The molecule has 0 amide bonds. The molecular formula is C19H18N6S. The minimum Gasteiger partial charge on any atom is -0.365 e. The number of anilines is 1. The zero-order valence-corrected chi connectivity index (χ0v) is 15.2. The summed E-state index contributed by atoms with van der Waals surface area (Å²) in [7, 11) is 0. The number of nitrogens with zero attached hydrogens (tertiary/aromatic N) is 5. The van der Waals surface area contributed by atoms with Crippen molar-refractivity contribution in [2.75, 3.05) is 5.32 Å². The maximum atomic E-state index is 4.69. The second kappa shape index (κ2) is 6.17. The number of aromatic nitrogens is 5. The van der Waals surface area contributed by atoms with Crippen LogP contribution in [0.4, 0.5) is 5.82 Å². The first-order chi connectivity index (χ1) is 12.8. The second-order valence-corrected chi connectivity index (χ2v) is 7.58. The van der Waals surface area contributed by atoms with Crippen molar-refractivity contribution in [3.63, 3.8) is 0 Å². The van der Waals surface area contributed by atoms with Crippen LogP contribution < -0.4 is 5.32 Å². The molecule has 1 aromatic carbocycles. The molecule has 7 heteroatoms. The molecule has 1 atom stereocenters. The second-order valence-electron chi connectivity index (χ2n) is 6.55. The third-order valence-electron chi connectivity index (χ3n) is 4.71. The van der Waals surface area contributed by atoms with Crippen LogP contribution in [0.15, 0.2) is 42.7 Å². The van der Waals surface area contributed by atoms with Gasteiger partial charge < -0.3 is 5.32 Å². The molecule has 0 bridgehead atoms. The first-order valence-electron chi connectivity index (χ1n) is 8.73. The highest BCUT2D eigenvalue weighted by atomic mass is 32.1. The molecule has 0 saturated carbocycles. The van der Waals surface area contributed by atoms with E-state index in [0.29, 0.717) is 6.04 Å². The molecule has 0 spiro atoms. The van der Waals surface area contributed by atoms with Crippen LogP contribution in [0, 0.1) is 6.92 Å². The molecule has 3 aromatic heterocycles. The third-order valence-corrected chi connectivity index (χ3v) is 5.79. The molecule has 0 aliphatic carbocycles. The monoisotopic (exact) mass is 362 g/mol. The minimum atomic E-state index is 0.293. The minimum absolute atomic E-state index is 0.293. The summed E-state index contributed by atoms with van der Waals surface area (Å²) in [4.78, 5) is 15.9. The van der Waals surface area contributed by atoms with Gasteiger partial charge in [-0.2, -0.15) is 5.10 Å². The van der Waals surface area contributed by atoms with Crippen LogP contribution in [-0.4, -0.2) is 30.8 Å². The molecule has 1 aliphatic rings. The standard InChI is InChI=1S/C19H18N6S/c1-12-22-18(24-14-7-8-17-20-11-21-25(17)10-14)15-9-16(26-19(15)23-12)13-5-3-2-4-6-13/h2-6,9,11,14H,7-8,10H2,1H3,(H,22,23,24). The maximum Gasteiger partial charge on any atom is 0.138 e. The van der Waals surface area contributed by atoms with Crippen molar-refractivity contribution in [2.24, 2.45) is 0 Å². The van der Waals surface area contributed by atoms with E-state index in [4.69, 9.17) is 0 Å². The molecule has 6 nitrogen and oxygen atoms in total. The van der Waals surface area contributed by atoms with Crippen molar-refractivity contribution in [1.29, 1.82) is 0 Å². The fraction of sp³-hybridized carbons (Fsp3) is 0.263. The Morgan fingerprint density at radius 1 is 1.19 bits per heavy atom. The number of benzene rings is 1. The smallest absolute Gasteiger partial charge is 0.138 e. The molecule has 1 aliphatic heterocycles. The SMILES string of the molecule is Cc1nc(NC2CCc3ncnn3C2)c2cc(-c3ccccc3)sc2n1. The number of nitrogens with one attached hydrogen (secondary N) is 1. The van der Waals surface area contributed by atoms with Gasteiger partial charge in [0.2, 0.25) is 0 Å². The molecule has 5 rings (SSSR count). The highest BCUT2D eigenvalue weighted by Gasteiger charge is 2.21. The molecule has 0 radical (unpaired) electrons. The average molecular weight is 362 g/mol. The van der Waals surface area contributed by atoms with Crippen molar-refractivity contribution >= 4 is 27.4 Å². The predicted octanol–water partition coefficient (Wildman–Crippen LogP) is 3.69. The fourth-order valence-corrected chi connectivity index (χ4v) is 4.51. The van der Waals surface area contributed by atoms with E-state index in [1.54, 1.807) is 17.7 Å². The molecule has 0 saturated heterocycles. The Kier molecular flexibility index (Phi) is 3.67. The largest absolute Gasteiger partial charge is 0.365 e. The number of aryl methyl sites for hydroxylation is 2. The maximum absolute atomic E-state index is 4.69. The molecule has 0 fully saturated rings. The van der Waals surface area contributed by atoms with Crippen LogP contribution in [0.2, 0.25) is 0 Å². The van der Waals surface area contributed by atoms with E-state index in [0.717, 1.165) is 47.1 Å². The van der Waals surface area contributed by atoms with Gasteiger partial charge in [-0.15, -0.1) is 11.3 Å². The summed E-state index contributed by atoms with van der Waals surface area (Å²) in [6, 6.07) is 12.9. The molecule has 1 N–H and O–H groups in total. The van der Waals surface area contributed by atoms with Crippen molar-refractivity contribution in [3.8, 4) is 10.4 Å². The summed E-state index contributed by atoms with van der Waals surface area (Å²) >= 11 is 1.71. The molecular weight excluding hydrogens is 344 g/mol. The van der Waals surface area contributed by atoms with Gasteiger partial charge in [0.15, 0.2) is 0 Å². The van der Waals surface area contributed by atoms with Crippen molar-refractivity contribution < 1.29 is 0 Å². The van der Waals surface area contributed by atoms with Crippen molar-refractivity contribution in [3.05, 3.63) is 54.4 Å². The molecule has 26 heavy (non-hydrogen) atoms. The number of hydrogen-bond acceptors (Lipinski definition) is 6. The predicted molar refractivity (Wildman–Crippen MR) is 103 cm³/mol. The zero-order chi connectivity index (χ0) is 17.5. The summed E-state index contributed by atoms with van der Waals surface area (Å²) in [6.45, 7) is 2.76. The fourth-order valence-electron chi connectivity index (χ4n) is 3.43. The summed E-state index contributed by atoms with van der Waals surface area (Å²) in [5, 5.41) is 9.02. The van der Waals surface area contributed by atoms with Gasteiger partial charge in [0.1, 0.15) is 28.6 Å². The molecule has 130 valence electrons. The van der Waals surface area contributed by atoms with Gasteiger partial charge in [-0.1, -0.05) is 30.3 Å². The summed E-state index contributed by atoms with van der Waals surface area (Å²) in [5.41, 5.74) is 1.21. The van der Waals surface area contributed by atoms with E-state index in [-0.39, 0.29) is 0 Å². The molecule has 4 heterocycles. The van der Waals surface area contributed by atoms with Crippen LogP contribution in [0.3, 0.4) is 0 Å². The van der Waals surface area contributed by atoms with Crippen LogP contribution in [0.1, 0.15) is 18.1 Å². The number of fused-ring (bicyclic) bond motifs is 2. The van der Waals surface area contributed by atoms with E-state index >= 15 is 0 Å². The first kappa shape index (κ1) is 15.5. The Morgan fingerprint density at radius 2 is 2.08 bits per heavy atom. The normalized spacial score (nSPS) is 16.6. The quantitative estimate of drug-likeness (QED) is 0.602. The van der Waals surface area contributed by atoms with Gasteiger partial charge in [-0.05, 0) is 25.0 Å². The van der Waals surface area contributed by atoms with E-state index in [2.05, 4.69) is 55.7 Å². The Hall–Kier alpha value is -2.80. The van der Waals surface area contributed by atoms with Gasteiger partial charge in [-0.3, -0.25) is 0 Å². The topological polar surface area (TPSA) is 68.5 Å². The lowest BCUT2D eigenvalue weighted by molar-refractivity contribution is 0.441. The van der Waals surface area contributed by atoms with Crippen LogP contribution >= 0.6 is 11.3 Å². The highest BCUT2D eigenvalue weighted by Crippen LogP contribution is 2.35. The Bertz CT molecular complexity index is 1070. The molecule has 1 unspecified atom stereocenters. The van der Waals surface area contributed by atoms with Gasteiger partial charge in [-0.25, -0.2) is 19.6 Å². The Balaban J connectivity index is 1.50. The summed E-state index contributed by atoms with van der Waals surface area (Å²) < 4.78 is 1.98. The Morgan fingerprint density at radius 3 is 2.96 bits per heavy atom. The Labute approximate surface area is 155 Å². The summed E-state index contributed by atoms with van der Waals surface area (Å²) in [5.74, 6) is 2.77. The van der Waals surface area contributed by atoms with E-state index in [9.17, 15) is 0 Å². The number of hydrogen-bond donors (Lipinski definition) is 1. The third kappa shape index (κ3) is 2.74. The van der Waals surface area contributed by atoms with Crippen molar-refractivity contribution in [1.82, 2.24) is 24.7 Å². The highest BCUT2D eigenvalue weighted by molar-refractivity contribution is 7.21. The lowest BCUT2D eigenvalue weighted by Crippen LogP contribution is -2.32. The van der Waals surface area contributed by atoms with Gasteiger partial charge in [0.05, 0.1) is 11.9 Å². The summed E-state index contributed by atoms with van der Waals surface area (Å²) in [6.07, 6.45) is 3.60. The van der Waals surface area contributed by atoms with E-state index < -0.39 is 0 Å². The number of thiophene rings is 1. The number of rotatable bonds is 3. The van der Waals surface area contributed by atoms with Gasteiger partial charge in [0.25, 0.3) is 0 Å². The lowest BCUT2D eigenvalue weighted by Gasteiger charge is -2.24. The average Bonchev–Trinajstić information content (AvgIpc) is 3.28. The van der Waals surface area contributed by atoms with Crippen molar-refractivity contribution in [2.45, 2.75) is 32.4 Å². The van der Waals surface area contributed by atoms with E-state index in [1.165, 1.54) is 10.4 Å². The van der Waals surface area contributed by atoms with Gasteiger partial charge in [0, 0.05) is 17.3 Å². The first-order valence-corrected chi connectivity index (χ1v) is 9.55. The lowest BCUT2D eigenvalue weighted by atomic mass is 10.1. The van der Waals surface area contributed by atoms with Crippen LogP contribution in [0.25, 0.3) is 20.7 Å². The van der Waals surface area contributed by atoms with E-state index in [1.807, 2.05) is 17.7 Å².